The van der Waals surface area contributed by atoms with Gasteiger partial charge in [0.1, 0.15) is 0 Å². The van der Waals surface area contributed by atoms with Gasteiger partial charge in [-0.2, -0.15) is 4.98 Å². The van der Waals surface area contributed by atoms with E-state index in [9.17, 15) is 0 Å². The largest absolute Gasteiger partial charge is 0.333 e. The lowest BCUT2D eigenvalue weighted by atomic mass is 10.2. The Morgan fingerprint density at radius 2 is 2.00 bits per heavy atom. The fourth-order valence-corrected chi connectivity index (χ4v) is 2.34. The van der Waals surface area contributed by atoms with Crippen molar-refractivity contribution in [1.82, 2.24) is 10.1 Å². The molecule has 0 spiro atoms. The first-order valence-electron chi connectivity index (χ1n) is 4.97. The number of rotatable bonds is 2. The van der Waals surface area contributed by atoms with E-state index in [-0.39, 0.29) is 0 Å². The van der Waals surface area contributed by atoms with Crippen molar-refractivity contribution in [1.29, 1.82) is 0 Å². The molecule has 0 unspecified atom stereocenters. The Morgan fingerprint density at radius 1 is 1.12 bits per heavy atom. The van der Waals surface area contributed by atoms with Crippen molar-refractivity contribution in [3.8, 4) is 22.2 Å². The smallest absolute Gasteiger partial charge is 0.268 e. The summed E-state index contributed by atoms with van der Waals surface area (Å²) in [6.45, 7) is 0. The monoisotopic (exact) mass is 262 g/mol. The molecule has 0 fully saturated rings. The molecule has 84 valence electrons. The van der Waals surface area contributed by atoms with Crippen LogP contribution in [0.15, 0.2) is 46.3 Å². The number of hydrogen-bond donors (Lipinski definition) is 0. The summed E-state index contributed by atoms with van der Waals surface area (Å²) in [5, 5.41) is 6.52. The van der Waals surface area contributed by atoms with Crippen molar-refractivity contribution in [2.75, 3.05) is 0 Å². The number of halogens is 1. The summed E-state index contributed by atoms with van der Waals surface area (Å²) in [6, 6.07) is 11.3. The van der Waals surface area contributed by atoms with Crippen LogP contribution in [0.25, 0.3) is 22.2 Å². The second-order valence-electron chi connectivity index (χ2n) is 3.38. The highest BCUT2D eigenvalue weighted by molar-refractivity contribution is 7.13. The molecule has 0 bridgehead atoms. The quantitative estimate of drug-likeness (QED) is 0.697. The lowest BCUT2D eigenvalue weighted by Gasteiger charge is -1.95. The van der Waals surface area contributed by atoms with Crippen LogP contribution in [0.2, 0.25) is 5.02 Å². The number of thiophene rings is 1. The average molecular weight is 263 g/mol. The van der Waals surface area contributed by atoms with Crippen LogP contribution in [0.5, 0.6) is 0 Å². The van der Waals surface area contributed by atoms with Crippen LogP contribution in [-0.4, -0.2) is 10.1 Å². The molecule has 3 rings (SSSR count). The fourth-order valence-electron chi connectivity index (χ4n) is 1.48. The van der Waals surface area contributed by atoms with Gasteiger partial charge in [-0.15, -0.1) is 11.3 Å². The Bertz CT molecular complexity index is 634. The summed E-state index contributed by atoms with van der Waals surface area (Å²) in [4.78, 5) is 5.29. The number of nitrogens with zero attached hydrogens (tertiary/aromatic N) is 2. The lowest BCUT2D eigenvalue weighted by Crippen LogP contribution is -1.81. The van der Waals surface area contributed by atoms with Gasteiger partial charge >= 0.3 is 0 Å². The van der Waals surface area contributed by atoms with Crippen molar-refractivity contribution in [2.45, 2.75) is 0 Å². The van der Waals surface area contributed by atoms with Gasteiger partial charge < -0.3 is 4.52 Å². The molecule has 3 aromatic rings. The van der Waals surface area contributed by atoms with Gasteiger partial charge in [-0.1, -0.05) is 35.0 Å². The maximum absolute atomic E-state index is 6.07. The second kappa shape index (κ2) is 4.31. The van der Waals surface area contributed by atoms with Gasteiger partial charge in [0.2, 0.25) is 5.82 Å². The minimum Gasteiger partial charge on any atom is -0.333 e. The van der Waals surface area contributed by atoms with E-state index in [1.165, 1.54) is 0 Å². The van der Waals surface area contributed by atoms with E-state index in [1.807, 2.05) is 35.7 Å². The zero-order chi connectivity index (χ0) is 11.7. The third-order valence-electron chi connectivity index (χ3n) is 2.27. The third-order valence-corrected chi connectivity index (χ3v) is 3.46. The number of aromatic nitrogens is 2. The van der Waals surface area contributed by atoms with Crippen molar-refractivity contribution in [2.24, 2.45) is 0 Å². The first kappa shape index (κ1) is 10.5. The fraction of sp³-hybridized carbons (Fsp3) is 0. The van der Waals surface area contributed by atoms with Crippen molar-refractivity contribution in [3.05, 3.63) is 46.8 Å². The van der Waals surface area contributed by atoms with Crippen LogP contribution in [0, 0.1) is 0 Å². The van der Waals surface area contributed by atoms with E-state index in [1.54, 1.807) is 17.4 Å². The molecule has 17 heavy (non-hydrogen) atoms. The van der Waals surface area contributed by atoms with Crippen molar-refractivity contribution < 1.29 is 4.52 Å². The van der Waals surface area contributed by atoms with Crippen LogP contribution < -0.4 is 0 Å². The maximum atomic E-state index is 6.07. The minimum absolute atomic E-state index is 0.513. The predicted molar refractivity (Wildman–Crippen MR) is 68.1 cm³/mol. The van der Waals surface area contributed by atoms with E-state index in [0.717, 1.165) is 10.4 Å². The lowest BCUT2D eigenvalue weighted by molar-refractivity contribution is 0.433. The van der Waals surface area contributed by atoms with Crippen LogP contribution in [0.3, 0.4) is 0 Å². The highest BCUT2D eigenvalue weighted by Gasteiger charge is 2.12. The molecule has 0 aliphatic carbocycles. The van der Waals surface area contributed by atoms with E-state index in [4.69, 9.17) is 16.1 Å². The molecule has 0 N–H and O–H groups in total. The maximum Gasteiger partial charge on any atom is 0.268 e. The Kier molecular flexibility index (Phi) is 2.66. The van der Waals surface area contributed by atoms with Gasteiger partial charge in [0.15, 0.2) is 0 Å². The van der Waals surface area contributed by atoms with Gasteiger partial charge in [0.05, 0.1) is 9.90 Å². The Balaban J connectivity index is 2.04. The molecule has 0 amide bonds. The van der Waals surface area contributed by atoms with Crippen molar-refractivity contribution in [3.63, 3.8) is 0 Å². The van der Waals surface area contributed by atoms with Crippen LogP contribution in [0.1, 0.15) is 0 Å². The van der Waals surface area contributed by atoms with Crippen LogP contribution in [0.4, 0.5) is 0 Å². The summed E-state index contributed by atoms with van der Waals surface area (Å²) in [5.41, 5.74) is 0.778. The Hall–Kier alpha value is -1.65. The molecule has 1 aromatic carbocycles. The Morgan fingerprint density at radius 3 is 2.76 bits per heavy atom. The molecule has 0 radical (unpaired) electrons. The molecule has 5 heteroatoms. The Labute approximate surface area is 107 Å². The molecule has 0 saturated carbocycles. The highest BCUT2D eigenvalue weighted by atomic mass is 35.5. The normalized spacial score (nSPS) is 10.6. The molecular weight excluding hydrogens is 256 g/mol. The van der Waals surface area contributed by atoms with E-state index >= 15 is 0 Å². The SMILES string of the molecule is Clc1ccccc1-c1noc(-c2cccs2)n1. The van der Waals surface area contributed by atoms with Gasteiger partial charge in [-0.3, -0.25) is 0 Å². The molecule has 2 aromatic heterocycles. The summed E-state index contributed by atoms with van der Waals surface area (Å²) in [6.07, 6.45) is 0. The zero-order valence-electron chi connectivity index (χ0n) is 8.63. The van der Waals surface area contributed by atoms with E-state index in [0.29, 0.717) is 16.7 Å². The molecule has 0 saturated heterocycles. The minimum atomic E-state index is 0.513. The summed E-state index contributed by atoms with van der Waals surface area (Å²) < 4.78 is 5.21. The van der Waals surface area contributed by atoms with Gasteiger partial charge in [0, 0.05) is 5.56 Å². The van der Waals surface area contributed by atoms with E-state index in [2.05, 4.69) is 10.1 Å². The first-order chi connectivity index (χ1) is 8.34. The number of hydrogen-bond acceptors (Lipinski definition) is 4. The number of benzene rings is 1. The predicted octanol–water partition coefficient (Wildman–Crippen LogP) is 4.12. The van der Waals surface area contributed by atoms with Crippen LogP contribution in [-0.2, 0) is 0 Å². The van der Waals surface area contributed by atoms with Crippen molar-refractivity contribution >= 4 is 22.9 Å². The van der Waals surface area contributed by atoms with Crippen LogP contribution >= 0.6 is 22.9 Å². The summed E-state index contributed by atoms with van der Waals surface area (Å²) >= 11 is 7.63. The third kappa shape index (κ3) is 1.97. The molecular formula is C12H7ClN2OS. The van der Waals surface area contributed by atoms with Gasteiger partial charge in [-0.25, -0.2) is 0 Å². The molecule has 0 aliphatic heterocycles. The molecule has 0 aliphatic rings. The van der Waals surface area contributed by atoms with Gasteiger partial charge in [-0.05, 0) is 23.6 Å². The molecule has 3 nitrogen and oxygen atoms in total. The summed E-state index contributed by atoms with van der Waals surface area (Å²) in [7, 11) is 0. The second-order valence-corrected chi connectivity index (χ2v) is 4.74. The first-order valence-corrected chi connectivity index (χ1v) is 6.23. The average Bonchev–Trinajstić information content (AvgIpc) is 3.00. The highest BCUT2D eigenvalue weighted by Crippen LogP contribution is 2.28. The van der Waals surface area contributed by atoms with Gasteiger partial charge in [0.25, 0.3) is 5.89 Å². The zero-order valence-corrected chi connectivity index (χ0v) is 10.2. The summed E-state index contributed by atoms with van der Waals surface area (Å²) in [5.74, 6) is 1.04. The standard InChI is InChI=1S/C12H7ClN2OS/c13-9-5-2-1-4-8(9)11-14-12(16-15-11)10-6-3-7-17-10/h1-7H. The van der Waals surface area contributed by atoms with E-state index < -0.39 is 0 Å². The molecule has 2 heterocycles. The molecule has 0 atom stereocenters. The topological polar surface area (TPSA) is 38.9 Å².